The maximum absolute atomic E-state index is 14.5. The minimum atomic E-state index is -0.382. The summed E-state index contributed by atoms with van der Waals surface area (Å²) in [5.74, 6) is 6.95. The molecule has 1 aromatic heterocycles. The fourth-order valence-electron chi connectivity index (χ4n) is 3.66. The van der Waals surface area contributed by atoms with Crippen LogP contribution in [0.25, 0.3) is 11.3 Å². The summed E-state index contributed by atoms with van der Waals surface area (Å²) in [7, 11) is 0. The van der Waals surface area contributed by atoms with Gasteiger partial charge in [0.25, 0.3) is 0 Å². The quantitative estimate of drug-likeness (QED) is 0.369. The second-order valence-corrected chi connectivity index (χ2v) is 9.42. The van der Waals surface area contributed by atoms with E-state index in [1.165, 1.54) is 6.07 Å². The van der Waals surface area contributed by atoms with Crippen LogP contribution >= 0.6 is 0 Å². The van der Waals surface area contributed by atoms with Crippen LogP contribution in [0.15, 0.2) is 53.1 Å². The van der Waals surface area contributed by atoms with E-state index in [-0.39, 0.29) is 16.8 Å². The van der Waals surface area contributed by atoms with Gasteiger partial charge < -0.3 is 14.0 Å². The van der Waals surface area contributed by atoms with Crippen LogP contribution in [-0.4, -0.2) is 49.5 Å². The molecule has 0 spiro atoms. The molecule has 1 saturated heterocycles. The molecule has 34 heavy (non-hydrogen) atoms. The highest BCUT2D eigenvalue weighted by molar-refractivity contribution is 5.61. The molecule has 2 aromatic carbocycles. The molecule has 2 heterocycles. The molecule has 0 bridgehead atoms. The lowest BCUT2D eigenvalue weighted by Gasteiger charge is -2.26. The van der Waals surface area contributed by atoms with Crippen LogP contribution in [-0.2, 0) is 10.2 Å². The lowest BCUT2D eigenvalue weighted by Crippen LogP contribution is -2.37. The summed E-state index contributed by atoms with van der Waals surface area (Å²) in [6.07, 6.45) is 0.865. The topological polar surface area (TPSA) is 47.7 Å². The van der Waals surface area contributed by atoms with Crippen LogP contribution in [0.5, 0.6) is 5.75 Å². The predicted octanol–water partition coefficient (Wildman–Crippen LogP) is 5.28. The van der Waals surface area contributed by atoms with E-state index in [1.54, 1.807) is 12.1 Å². The molecule has 0 radical (unpaired) electrons. The number of morpholine rings is 1. The van der Waals surface area contributed by atoms with Gasteiger partial charge in [-0.1, -0.05) is 56.0 Å². The number of rotatable bonds is 6. The van der Waals surface area contributed by atoms with E-state index < -0.39 is 0 Å². The maximum Gasteiger partial charge on any atom is 0.142 e. The molecule has 1 fully saturated rings. The molecule has 5 nitrogen and oxygen atoms in total. The van der Waals surface area contributed by atoms with Crippen molar-refractivity contribution >= 4 is 0 Å². The summed E-state index contributed by atoms with van der Waals surface area (Å²) in [6, 6.07) is 14.5. The van der Waals surface area contributed by atoms with E-state index in [9.17, 15) is 4.39 Å². The van der Waals surface area contributed by atoms with Crippen molar-refractivity contribution in [2.24, 2.45) is 0 Å². The summed E-state index contributed by atoms with van der Waals surface area (Å²) in [5.41, 5.74) is 2.69. The van der Waals surface area contributed by atoms with Crippen molar-refractivity contribution in [2.75, 3.05) is 39.5 Å². The first-order valence-electron chi connectivity index (χ1n) is 11.7. The fraction of sp³-hybridized carbons (Fsp3) is 0.393. The van der Waals surface area contributed by atoms with Gasteiger partial charge in [0.15, 0.2) is 0 Å². The molecule has 1 aliphatic rings. The Morgan fingerprint density at radius 3 is 2.53 bits per heavy atom. The number of halogens is 1. The maximum atomic E-state index is 14.5. The number of nitrogens with zero attached hydrogens (tertiary/aromatic N) is 2. The lowest BCUT2D eigenvalue weighted by molar-refractivity contribution is 0.0358. The lowest BCUT2D eigenvalue weighted by atomic mass is 9.93. The number of hydrogen-bond donors (Lipinski definition) is 0. The second kappa shape index (κ2) is 10.9. The standard InChI is InChI=1S/C28H31FN2O3/c1-28(2,3)27-20-25(30-34-27)22-11-8-21(9-12-22)10-13-23-24(29)6-4-7-26(23)33-17-5-14-31-15-18-32-19-16-31/h4,6-9,11-12,20H,5,14-19H2,1-3H3. The highest BCUT2D eigenvalue weighted by Crippen LogP contribution is 2.27. The largest absolute Gasteiger partial charge is 0.492 e. The van der Waals surface area contributed by atoms with Crippen molar-refractivity contribution in [1.29, 1.82) is 0 Å². The molecule has 0 aliphatic carbocycles. The van der Waals surface area contributed by atoms with Crippen LogP contribution in [0, 0.1) is 17.7 Å². The Morgan fingerprint density at radius 2 is 1.82 bits per heavy atom. The van der Waals surface area contributed by atoms with Crippen molar-refractivity contribution in [3.8, 4) is 28.8 Å². The van der Waals surface area contributed by atoms with Gasteiger partial charge in [-0.25, -0.2) is 4.39 Å². The van der Waals surface area contributed by atoms with E-state index in [0.29, 0.717) is 12.4 Å². The first-order chi connectivity index (χ1) is 16.4. The molecule has 0 saturated carbocycles. The summed E-state index contributed by atoms with van der Waals surface area (Å²) >= 11 is 0. The van der Waals surface area contributed by atoms with Gasteiger partial charge >= 0.3 is 0 Å². The average molecular weight is 463 g/mol. The Kier molecular flexibility index (Phi) is 7.66. The molecule has 3 aromatic rings. The molecule has 1 aliphatic heterocycles. The van der Waals surface area contributed by atoms with Gasteiger partial charge in [0.1, 0.15) is 28.6 Å². The number of ether oxygens (including phenoxy) is 2. The molecule has 6 heteroatoms. The summed E-state index contributed by atoms with van der Waals surface area (Å²) in [5, 5.41) is 4.18. The smallest absolute Gasteiger partial charge is 0.142 e. The summed E-state index contributed by atoms with van der Waals surface area (Å²) in [4.78, 5) is 2.35. The Hall–Kier alpha value is -3.14. The van der Waals surface area contributed by atoms with Crippen molar-refractivity contribution < 1.29 is 18.4 Å². The third-order valence-corrected chi connectivity index (χ3v) is 5.72. The molecule has 0 atom stereocenters. The average Bonchev–Trinajstić information content (AvgIpc) is 3.34. The van der Waals surface area contributed by atoms with Crippen molar-refractivity contribution in [1.82, 2.24) is 10.1 Å². The van der Waals surface area contributed by atoms with E-state index in [1.807, 2.05) is 30.3 Å². The first kappa shape index (κ1) is 24.0. The molecular formula is C28H31FN2O3. The van der Waals surface area contributed by atoms with Gasteiger partial charge in [-0.05, 0) is 30.7 Å². The molecule has 178 valence electrons. The minimum Gasteiger partial charge on any atom is -0.492 e. The monoisotopic (exact) mass is 462 g/mol. The van der Waals surface area contributed by atoms with Crippen LogP contribution in [0.4, 0.5) is 4.39 Å². The Bertz CT molecular complexity index is 1150. The SMILES string of the molecule is CC(C)(C)c1cc(-c2ccc(C#Cc3c(F)cccc3OCCCN3CCOCC3)cc2)no1. The molecule has 0 amide bonds. The molecule has 0 unspecified atom stereocenters. The Morgan fingerprint density at radius 1 is 1.06 bits per heavy atom. The first-order valence-corrected chi connectivity index (χ1v) is 11.7. The molecule has 4 rings (SSSR count). The second-order valence-electron chi connectivity index (χ2n) is 9.42. The van der Waals surface area contributed by atoms with Gasteiger partial charge in [0.2, 0.25) is 0 Å². The fourth-order valence-corrected chi connectivity index (χ4v) is 3.66. The predicted molar refractivity (Wildman–Crippen MR) is 130 cm³/mol. The highest BCUT2D eigenvalue weighted by Gasteiger charge is 2.20. The normalized spacial score (nSPS) is 14.5. The van der Waals surface area contributed by atoms with Gasteiger partial charge in [-0.3, -0.25) is 4.90 Å². The van der Waals surface area contributed by atoms with E-state index in [2.05, 4.69) is 42.7 Å². The van der Waals surface area contributed by atoms with Crippen molar-refractivity contribution in [3.63, 3.8) is 0 Å². The van der Waals surface area contributed by atoms with Crippen LogP contribution < -0.4 is 4.74 Å². The zero-order valence-corrected chi connectivity index (χ0v) is 20.1. The number of benzene rings is 2. The van der Waals surface area contributed by atoms with Crippen LogP contribution in [0.1, 0.15) is 44.1 Å². The van der Waals surface area contributed by atoms with Crippen LogP contribution in [0.3, 0.4) is 0 Å². The Balaban J connectivity index is 1.40. The van der Waals surface area contributed by atoms with Gasteiger partial charge in [0, 0.05) is 42.2 Å². The highest BCUT2D eigenvalue weighted by atomic mass is 19.1. The van der Waals surface area contributed by atoms with Crippen molar-refractivity contribution in [3.05, 3.63) is 71.2 Å². The van der Waals surface area contributed by atoms with E-state index in [4.69, 9.17) is 14.0 Å². The number of aromatic nitrogens is 1. The zero-order chi connectivity index (χ0) is 24.0. The van der Waals surface area contributed by atoms with Gasteiger partial charge in [-0.15, -0.1) is 0 Å². The van der Waals surface area contributed by atoms with Crippen molar-refractivity contribution in [2.45, 2.75) is 32.6 Å². The third kappa shape index (κ3) is 6.25. The zero-order valence-electron chi connectivity index (χ0n) is 20.1. The molecule has 0 N–H and O–H groups in total. The third-order valence-electron chi connectivity index (χ3n) is 5.72. The van der Waals surface area contributed by atoms with E-state index in [0.717, 1.165) is 61.8 Å². The van der Waals surface area contributed by atoms with Gasteiger partial charge in [-0.2, -0.15) is 0 Å². The minimum absolute atomic E-state index is 0.0985. The summed E-state index contributed by atoms with van der Waals surface area (Å²) in [6.45, 7) is 11.2. The van der Waals surface area contributed by atoms with Gasteiger partial charge in [0.05, 0.1) is 19.8 Å². The van der Waals surface area contributed by atoms with E-state index >= 15 is 0 Å². The molecular weight excluding hydrogens is 431 g/mol. The summed E-state index contributed by atoms with van der Waals surface area (Å²) < 4.78 is 31.2. The Labute approximate surface area is 200 Å². The number of hydrogen-bond acceptors (Lipinski definition) is 5. The van der Waals surface area contributed by atoms with Crippen LogP contribution in [0.2, 0.25) is 0 Å².